The van der Waals surface area contributed by atoms with Crippen molar-refractivity contribution < 1.29 is 4.79 Å². The van der Waals surface area contributed by atoms with E-state index in [4.69, 9.17) is 0 Å². The number of hydrogen-bond acceptors (Lipinski definition) is 7. The third kappa shape index (κ3) is 4.41. The number of thioether (sulfide) groups is 1. The predicted octanol–water partition coefficient (Wildman–Crippen LogP) is 3.67. The summed E-state index contributed by atoms with van der Waals surface area (Å²) in [5.41, 5.74) is 4.66. The van der Waals surface area contributed by atoms with Crippen LogP contribution >= 0.6 is 23.1 Å². The minimum atomic E-state index is -0.0856. The van der Waals surface area contributed by atoms with E-state index in [1.165, 1.54) is 28.7 Å². The molecule has 0 aliphatic carbocycles. The summed E-state index contributed by atoms with van der Waals surface area (Å²) in [5, 5.41) is 19.4. The Hall–Kier alpha value is -2.39. The molecule has 3 aromatic rings. The second-order valence-corrected chi connectivity index (χ2v) is 8.07. The van der Waals surface area contributed by atoms with Crippen molar-refractivity contribution in [2.75, 3.05) is 16.4 Å². The lowest BCUT2D eigenvalue weighted by Crippen LogP contribution is -2.15. The Morgan fingerprint density at radius 3 is 2.77 bits per heavy atom. The van der Waals surface area contributed by atoms with Gasteiger partial charge in [0.05, 0.1) is 22.8 Å². The molecule has 0 atom stereocenters. The minimum Gasteiger partial charge on any atom is -0.330 e. The van der Waals surface area contributed by atoms with Crippen molar-refractivity contribution in [3.63, 3.8) is 0 Å². The Kier molecular flexibility index (Phi) is 5.58. The smallest absolute Gasteiger partial charge is 0.234 e. The summed E-state index contributed by atoms with van der Waals surface area (Å²) in [6.45, 7) is 5.84. The van der Waals surface area contributed by atoms with Crippen LogP contribution in [-0.2, 0) is 11.8 Å². The van der Waals surface area contributed by atoms with Gasteiger partial charge in [-0.05, 0) is 38.5 Å². The van der Waals surface area contributed by atoms with Gasteiger partial charge < -0.3 is 10.6 Å². The molecule has 0 saturated heterocycles. The Balaban J connectivity index is 1.55. The monoisotopic (exact) mass is 388 g/mol. The maximum Gasteiger partial charge on any atom is 0.234 e. The normalized spacial score (nSPS) is 10.8. The number of amides is 1. The van der Waals surface area contributed by atoms with Gasteiger partial charge in [0.2, 0.25) is 11.0 Å². The number of aromatic nitrogens is 4. The number of anilines is 3. The fourth-order valence-electron chi connectivity index (χ4n) is 2.42. The van der Waals surface area contributed by atoms with Crippen LogP contribution in [0.4, 0.5) is 16.5 Å². The number of carbonyl (C=O) groups is 1. The fourth-order valence-corrected chi connectivity index (χ4v) is 3.99. The fraction of sp³-hybridized carbons (Fsp3) is 0.294. The Bertz CT molecular complexity index is 933. The van der Waals surface area contributed by atoms with Crippen molar-refractivity contribution >= 4 is 45.5 Å². The summed E-state index contributed by atoms with van der Waals surface area (Å²) >= 11 is 2.79. The molecule has 0 fully saturated rings. The molecule has 3 rings (SSSR count). The van der Waals surface area contributed by atoms with Gasteiger partial charge in [0.25, 0.3) is 0 Å². The number of rotatable bonds is 6. The van der Waals surface area contributed by atoms with Crippen LogP contribution in [0.15, 0.2) is 28.6 Å². The number of benzene rings is 1. The van der Waals surface area contributed by atoms with Gasteiger partial charge in [0, 0.05) is 12.7 Å². The first kappa shape index (κ1) is 18.4. The Morgan fingerprint density at radius 2 is 2.08 bits per heavy atom. The van der Waals surface area contributed by atoms with Crippen molar-refractivity contribution in [1.82, 2.24) is 20.0 Å². The summed E-state index contributed by atoms with van der Waals surface area (Å²) in [5.74, 6) is 0.185. The zero-order chi connectivity index (χ0) is 18.7. The second-order valence-electron chi connectivity index (χ2n) is 5.87. The van der Waals surface area contributed by atoms with Gasteiger partial charge >= 0.3 is 0 Å². The van der Waals surface area contributed by atoms with Gasteiger partial charge in [-0.1, -0.05) is 35.2 Å². The molecule has 2 N–H and O–H groups in total. The molecular weight excluding hydrogens is 368 g/mol. The lowest BCUT2D eigenvalue weighted by atomic mass is 10.2. The molecule has 0 bridgehead atoms. The van der Waals surface area contributed by atoms with E-state index in [1.807, 2.05) is 52.1 Å². The maximum atomic E-state index is 12.2. The van der Waals surface area contributed by atoms with Gasteiger partial charge in [-0.25, -0.2) is 0 Å². The molecule has 9 heteroatoms. The van der Waals surface area contributed by atoms with Gasteiger partial charge in [0.1, 0.15) is 0 Å². The van der Waals surface area contributed by atoms with E-state index >= 15 is 0 Å². The van der Waals surface area contributed by atoms with Gasteiger partial charge in [-0.15, -0.1) is 10.2 Å². The van der Waals surface area contributed by atoms with Gasteiger partial charge in [-0.2, -0.15) is 5.10 Å². The summed E-state index contributed by atoms with van der Waals surface area (Å²) in [7, 11) is 1.86. The van der Waals surface area contributed by atoms with Crippen LogP contribution in [0.5, 0.6) is 0 Å². The van der Waals surface area contributed by atoms with Crippen molar-refractivity contribution in [2.45, 2.75) is 25.1 Å². The summed E-state index contributed by atoms with van der Waals surface area (Å²) in [4.78, 5) is 12.2. The molecule has 2 heterocycles. The van der Waals surface area contributed by atoms with Crippen molar-refractivity contribution in [1.29, 1.82) is 0 Å². The molecule has 0 spiro atoms. The highest BCUT2D eigenvalue weighted by atomic mass is 32.2. The Morgan fingerprint density at radius 1 is 1.27 bits per heavy atom. The lowest BCUT2D eigenvalue weighted by molar-refractivity contribution is -0.113. The van der Waals surface area contributed by atoms with Crippen molar-refractivity contribution in [2.24, 2.45) is 7.05 Å². The van der Waals surface area contributed by atoms with E-state index in [9.17, 15) is 4.79 Å². The first-order valence-corrected chi connectivity index (χ1v) is 9.82. The summed E-state index contributed by atoms with van der Waals surface area (Å²) in [6, 6.07) is 8.05. The summed E-state index contributed by atoms with van der Waals surface area (Å²) < 4.78 is 2.50. The molecule has 136 valence electrons. The van der Waals surface area contributed by atoms with Crippen LogP contribution in [0.1, 0.15) is 17.0 Å². The van der Waals surface area contributed by atoms with Crippen molar-refractivity contribution in [3.05, 3.63) is 41.2 Å². The standard InChI is InChI=1S/C17H20N6OS2/c1-10-6-5-7-13(8-10)18-16-20-21-17(26-16)25-9-14(24)19-15-11(2)22-23(4)12(15)3/h5-8H,9H2,1-4H3,(H,18,20)(H,19,24). The molecule has 0 aliphatic rings. The third-order valence-corrected chi connectivity index (χ3v) is 5.75. The highest BCUT2D eigenvalue weighted by molar-refractivity contribution is 8.01. The molecule has 0 unspecified atom stereocenters. The van der Waals surface area contributed by atoms with Crippen LogP contribution in [0.25, 0.3) is 0 Å². The zero-order valence-corrected chi connectivity index (χ0v) is 16.7. The average Bonchev–Trinajstić information content (AvgIpc) is 3.13. The largest absolute Gasteiger partial charge is 0.330 e. The molecule has 2 aromatic heterocycles. The maximum absolute atomic E-state index is 12.2. The van der Waals surface area contributed by atoms with E-state index in [1.54, 1.807) is 4.68 Å². The van der Waals surface area contributed by atoms with E-state index in [2.05, 4.69) is 25.9 Å². The van der Waals surface area contributed by atoms with Crippen LogP contribution in [0.3, 0.4) is 0 Å². The zero-order valence-electron chi connectivity index (χ0n) is 15.0. The SMILES string of the molecule is Cc1cccc(Nc2nnc(SCC(=O)Nc3c(C)nn(C)c3C)s2)c1. The van der Waals surface area contributed by atoms with E-state index in [-0.39, 0.29) is 11.7 Å². The molecule has 0 aliphatic heterocycles. The van der Waals surface area contributed by atoms with Crippen LogP contribution in [-0.4, -0.2) is 31.6 Å². The molecule has 26 heavy (non-hydrogen) atoms. The van der Waals surface area contributed by atoms with E-state index < -0.39 is 0 Å². The number of nitrogens with one attached hydrogen (secondary N) is 2. The molecule has 7 nitrogen and oxygen atoms in total. The quantitative estimate of drug-likeness (QED) is 0.627. The van der Waals surface area contributed by atoms with E-state index in [0.717, 1.165) is 27.1 Å². The molecular formula is C17H20N6OS2. The van der Waals surface area contributed by atoms with Crippen molar-refractivity contribution in [3.8, 4) is 0 Å². The number of nitrogens with zero attached hydrogens (tertiary/aromatic N) is 4. The lowest BCUT2D eigenvalue weighted by Gasteiger charge is -2.04. The molecule has 0 saturated carbocycles. The number of carbonyl (C=O) groups excluding carboxylic acids is 1. The van der Waals surface area contributed by atoms with Gasteiger partial charge in [-0.3, -0.25) is 9.48 Å². The summed E-state index contributed by atoms with van der Waals surface area (Å²) in [6.07, 6.45) is 0. The van der Waals surface area contributed by atoms with E-state index in [0.29, 0.717) is 5.13 Å². The molecule has 0 radical (unpaired) electrons. The van der Waals surface area contributed by atoms with Crippen LogP contribution in [0.2, 0.25) is 0 Å². The first-order chi connectivity index (χ1) is 12.4. The topological polar surface area (TPSA) is 84.7 Å². The molecule has 1 aromatic carbocycles. The first-order valence-electron chi connectivity index (χ1n) is 8.02. The van der Waals surface area contributed by atoms with Crippen LogP contribution < -0.4 is 10.6 Å². The molecule has 1 amide bonds. The second kappa shape index (κ2) is 7.88. The minimum absolute atomic E-state index is 0.0856. The number of aryl methyl sites for hydroxylation is 3. The average molecular weight is 389 g/mol. The number of hydrogen-bond donors (Lipinski definition) is 2. The Labute approximate surface area is 160 Å². The predicted molar refractivity (Wildman–Crippen MR) is 106 cm³/mol. The van der Waals surface area contributed by atoms with Crippen LogP contribution in [0, 0.1) is 20.8 Å². The highest BCUT2D eigenvalue weighted by Crippen LogP contribution is 2.28. The van der Waals surface area contributed by atoms with Gasteiger partial charge in [0.15, 0.2) is 4.34 Å². The third-order valence-electron chi connectivity index (χ3n) is 3.78. The highest BCUT2D eigenvalue weighted by Gasteiger charge is 2.14.